The molecule has 0 aliphatic heterocycles. The van der Waals surface area contributed by atoms with Gasteiger partial charge in [-0.05, 0) is 42.0 Å². The van der Waals surface area contributed by atoms with Crippen molar-refractivity contribution in [3.63, 3.8) is 0 Å². The second-order valence-corrected chi connectivity index (χ2v) is 6.48. The van der Waals surface area contributed by atoms with Crippen molar-refractivity contribution < 1.29 is 18.0 Å². The molecule has 0 aliphatic rings. The van der Waals surface area contributed by atoms with E-state index in [1.165, 1.54) is 24.3 Å². The van der Waals surface area contributed by atoms with Gasteiger partial charge in [0.15, 0.2) is 5.69 Å². The zero-order valence-corrected chi connectivity index (χ0v) is 15.1. The number of carbonyl (C=O) groups is 1. The number of nitrogens with one attached hydrogen (secondary N) is 1. The van der Waals surface area contributed by atoms with Gasteiger partial charge in [-0.1, -0.05) is 35.3 Å². The van der Waals surface area contributed by atoms with Gasteiger partial charge in [0, 0.05) is 16.6 Å². The number of hydrogen-bond acceptors (Lipinski definition) is 2. The molecule has 0 fully saturated rings. The van der Waals surface area contributed by atoms with Crippen LogP contribution in [-0.4, -0.2) is 15.7 Å². The van der Waals surface area contributed by atoms with E-state index < -0.39 is 23.3 Å². The Morgan fingerprint density at radius 2 is 1.78 bits per heavy atom. The molecule has 1 N–H and O–H groups in total. The number of alkyl halides is 3. The molecular weight excluding hydrogens is 402 g/mol. The Morgan fingerprint density at radius 1 is 1.07 bits per heavy atom. The molecule has 3 aromatic rings. The van der Waals surface area contributed by atoms with E-state index in [0.29, 0.717) is 20.3 Å². The minimum atomic E-state index is -4.78. The van der Waals surface area contributed by atoms with Crippen molar-refractivity contribution in [1.82, 2.24) is 15.1 Å². The average Bonchev–Trinajstić information content (AvgIpc) is 3.06. The maximum absolute atomic E-state index is 13.6. The van der Waals surface area contributed by atoms with Gasteiger partial charge in [0.05, 0.1) is 17.4 Å². The van der Waals surface area contributed by atoms with Gasteiger partial charge >= 0.3 is 6.18 Å². The molecule has 0 atom stereocenters. The van der Waals surface area contributed by atoms with E-state index in [4.69, 9.17) is 23.2 Å². The van der Waals surface area contributed by atoms with Crippen molar-refractivity contribution >= 4 is 29.1 Å². The normalized spacial score (nSPS) is 11.4. The fraction of sp³-hybridized carbons (Fsp3) is 0.111. The van der Waals surface area contributed by atoms with Crippen LogP contribution in [0.15, 0.2) is 54.7 Å². The van der Waals surface area contributed by atoms with E-state index in [1.807, 2.05) is 0 Å². The Hall–Kier alpha value is -2.51. The van der Waals surface area contributed by atoms with Crippen LogP contribution in [0.3, 0.4) is 0 Å². The maximum Gasteiger partial charge on any atom is 0.434 e. The van der Waals surface area contributed by atoms with Crippen molar-refractivity contribution in [2.75, 3.05) is 0 Å². The predicted octanol–water partition coefficient (Wildman–Crippen LogP) is 5.13. The number of aromatic nitrogens is 2. The Morgan fingerprint density at radius 3 is 2.41 bits per heavy atom. The molecule has 9 heteroatoms. The first-order valence-corrected chi connectivity index (χ1v) is 8.45. The first kappa shape index (κ1) is 19.3. The highest BCUT2D eigenvalue weighted by Gasteiger charge is 2.40. The number of carbonyl (C=O) groups excluding carboxylic acids is 1. The molecule has 27 heavy (non-hydrogen) atoms. The number of benzene rings is 2. The SMILES string of the molecule is O=C(NCc1cccc(Cl)c1)c1cnn(-c2ccc(Cl)cc2)c1C(F)(F)F. The van der Waals surface area contributed by atoms with Crippen LogP contribution in [0.5, 0.6) is 0 Å². The van der Waals surface area contributed by atoms with Gasteiger partial charge in [-0.3, -0.25) is 4.79 Å². The number of amides is 1. The quantitative estimate of drug-likeness (QED) is 0.644. The molecule has 0 spiro atoms. The van der Waals surface area contributed by atoms with Crippen LogP contribution in [0.1, 0.15) is 21.6 Å². The molecule has 0 aliphatic carbocycles. The second-order valence-electron chi connectivity index (χ2n) is 5.61. The third-order valence-corrected chi connectivity index (χ3v) is 4.18. The lowest BCUT2D eigenvalue weighted by Gasteiger charge is -2.13. The molecule has 0 bridgehead atoms. The number of nitrogens with zero attached hydrogens (tertiary/aromatic N) is 2. The molecule has 1 amide bonds. The van der Waals surface area contributed by atoms with Crippen molar-refractivity contribution in [2.45, 2.75) is 12.7 Å². The largest absolute Gasteiger partial charge is 0.434 e. The summed E-state index contributed by atoms with van der Waals surface area (Å²) in [6.07, 6.45) is -3.89. The topological polar surface area (TPSA) is 46.9 Å². The molecule has 0 saturated carbocycles. The van der Waals surface area contributed by atoms with E-state index in [2.05, 4.69) is 10.4 Å². The predicted molar refractivity (Wildman–Crippen MR) is 96.2 cm³/mol. The van der Waals surface area contributed by atoms with Crippen molar-refractivity contribution in [3.05, 3.63) is 81.6 Å². The Balaban J connectivity index is 1.90. The van der Waals surface area contributed by atoms with E-state index >= 15 is 0 Å². The minimum Gasteiger partial charge on any atom is -0.348 e. The first-order chi connectivity index (χ1) is 12.8. The average molecular weight is 414 g/mol. The summed E-state index contributed by atoms with van der Waals surface area (Å²) < 4.78 is 41.5. The number of hydrogen-bond donors (Lipinski definition) is 1. The number of rotatable bonds is 4. The zero-order valence-electron chi connectivity index (χ0n) is 13.6. The highest BCUT2D eigenvalue weighted by molar-refractivity contribution is 6.30. The molecule has 2 aromatic carbocycles. The zero-order chi connectivity index (χ0) is 19.6. The van der Waals surface area contributed by atoms with Gasteiger partial charge in [-0.25, -0.2) is 4.68 Å². The van der Waals surface area contributed by atoms with Crippen LogP contribution in [0, 0.1) is 0 Å². The fourth-order valence-corrected chi connectivity index (χ4v) is 2.83. The molecular formula is C18H12Cl2F3N3O. The summed E-state index contributed by atoms with van der Waals surface area (Å²) in [6, 6.07) is 12.3. The minimum absolute atomic E-state index is 0.0306. The molecule has 4 nitrogen and oxygen atoms in total. The molecule has 0 unspecified atom stereocenters. The van der Waals surface area contributed by atoms with E-state index in [9.17, 15) is 18.0 Å². The van der Waals surface area contributed by atoms with Gasteiger partial charge in [-0.15, -0.1) is 0 Å². The van der Waals surface area contributed by atoms with E-state index in [-0.39, 0.29) is 12.2 Å². The lowest BCUT2D eigenvalue weighted by molar-refractivity contribution is -0.143. The summed E-state index contributed by atoms with van der Waals surface area (Å²) in [5.74, 6) is -0.887. The Kier molecular flexibility index (Phi) is 5.43. The van der Waals surface area contributed by atoms with Crippen LogP contribution in [0.2, 0.25) is 10.0 Å². The summed E-state index contributed by atoms with van der Waals surface area (Å²) in [6.45, 7) is 0.0306. The summed E-state index contributed by atoms with van der Waals surface area (Å²) >= 11 is 11.6. The molecule has 3 rings (SSSR count). The third kappa shape index (κ3) is 4.43. The highest BCUT2D eigenvalue weighted by atomic mass is 35.5. The van der Waals surface area contributed by atoms with Crippen LogP contribution in [-0.2, 0) is 12.7 Å². The van der Waals surface area contributed by atoms with Crippen molar-refractivity contribution in [2.24, 2.45) is 0 Å². The van der Waals surface area contributed by atoms with Crippen LogP contribution in [0.25, 0.3) is 5.69 Å². The second kappa shape index (κ2) is 7.62. The van der Waals surface area contributed by atoms with Gasteiger partial charge < -0.3 is 5.32 Å². The van der Waals surface area contributed by atoms with Crippen molar-refractivity contribution in [1.29, 1.82) is 0 Å². The Labute approximate surface area is 162 Å². The molecule has 0 radical (unpaired) electrons. The summed E-state index contributed by atoms with van der Waals surface area (Å²) in [5.41, 5.74) is -0.928. The lowest BCUT2D eigenvalue weighted by Crippen LogP contribution is -2.26. The molecule has 140 valence electrons. The summed E-state index contributed by atoms with van der Waals surface area (Å²) in [4.78, 5) is 12.4. The van der Waals surface area contributed by atoms with E-state index in [0.717, 1.165) is 6.20 Å². The first-order valence-electron chi connectivity index (χ1n) is 7.69. The highest BCUT2D eigenvalue weighted by Crippen LogP contribution is 2.33. The standard InChI is InChI=1S/C18H12Cl2F3N3O/c19-12-4-6-14(7-5-12)26-16(18(21,22)23)15(10-25-26)17(27)24-9-11-2-1-3-13(20)8-11/h1-8,10H,9H2,(H,24,27). The van der Waals surface area contributed by atoms with Crippen LogP contribution < -0.4 is 5.32 Å². The van der Waals surface area contributed by atoms with E-state index in [1.54, 1.807) is 24.3 Å². The smallest absolute Gasteiger partial charge is 0.348 e. The lowest BCUT2D eigenvalue weighted by atomic mass is 10.2. The molecule has 1 aromatic heterocycles. The number of halogens is 5. The molecule has 1 heterocycles. The summed E-state index contributed by atoms with van der Waals surface area (Å²) in [7, 11) is 0. The van der Waals surface area contributed by atoms with Gasteiger partial charge in [0.25, 0.3) is 5.91 Å². The van der Waals surface area contributed by atoms with Gasteiger partial charge in [-0.2, -0.15) is 18.3 Å². The maximum atomic E-state index is 13.6. The Bertz CT molecular complexity index is 969. The van der Waals surface area contributed by atoms with Crippen molar-refractivity contribution in [3.8, 4) is 5.69 Å². The third-order valence-electron chi connectivity index (χ3n) is 3.70. The molecule has 0 saturated heterocycles. The fourth-order valence-electron chi connectivity index (χ4n) is 2.49. The van der Waals surface area contributed by atoms with Crippen LogP contribution in [0.4, 0.5) is 13.2 Å². The monoisotopic (exact) mass is 413 g/mol. The van der Waals surface area contributed by atoms with Gasteiger partial charge in [0.2, 0.25) is 0 Å². The van der Waals surface area contributed by atoms with Gasteiger partial charge in [0.1, 0.15) is 0 Å². The summed E-state index contributed by atoms with van der Waals surface area (Å²) in [5, 5.41) is 7.04. The van der Waals surface area contributed by atoms with Crippen LogP contribution >= 0.6 is 23.2 Å².